The fraction of sp³-hybridized carbons (Fsp3) is 0.174. The summed E-state index contributed by atoms with van der Waals surface area (Å²) in [5.41, 5.74) is 1.68. The molecule has 0 spiro atoms. The summed E-state index contributed by atoms with van der Waals surface area (Å²) in [6, 6.07) is 14.9. The van der Waals surface area contributed by atoms with Crippen LogP contribution in [0.5, 0.6) is 11.5 Å². The molecule has 1 atom stereocenters. The average molecular weight is 392 g/mol. The maximum Gasteiger partial charge on any atom is 0.329 e. The fourth-order valence-corrected chi connectivity index (χ4v) is 2.82. The van der Waals surface area contributed by atoms with Gasteiger partial charge in [-0.05, 0) is 36.3 Å². The molecule has 3 rings (SSSR count). The predicted molar refractivity (Wildman–Crippen MR) is 106 cm³/mol. The number of carbonyl (C=O) groups is 3. The Kier molecular flexibility index (Phi) is 6.24. The monoisotopic (exact) mass is 392 g/mol. The van der Waals surface area contributed by atoms with Gasteiger partial charge in [-0.25, -0.2) is 0 Å². The Morgan fingerprint density at radius 3 is 2.55 bits per heavy atom. The van der Waals surface area contributed by atoms with E-state index in [1.165, 1.54) is 26.2 Å². The summed E-state index contributed by atoms with van der Waals surface area (Å²) >= 11 is 0. The molecule has 1 aliphatic heterocycles. The van der Waals surface area contributed by atoms with Crippen molar-refractivity contribution < 1.29 is 28.6 Å². The number of cyclic esters (lactones) is 1. The smallest absolute Gasteiger partial charge is 0.329 e. The van der Waals surface area contributed by atoms with Gasteiger partial charge in [0.15, 0.2) is 29.0 Å². The minimum atomic E-state index is -1.45. The lowest BCUT2D eigenvalue weighted by atomic mass is 9.96. The lowest BCUT2D eigenvalue weighted by Gasteiger charge is -2.15. The number of methoxy groups -OCH3 is 1. The van der Waals surface area contributed by atoms with Crippen LogP contribution in [-0.2, 0) is 25.7 Å². The predicted octanol–water partition coefficient (Wildman–Crippen LogP) is 3.50. The second-order valence-corrected chi connectivity index (χ2v) is 6.43. The van der Waals surface area contributed by atoms with Crippen molar-refractivity contribution in [3.05, 3.63) is 77.6 Å². The first kappa shape index (κ1) is 20.1. The summed E-state index contributed by atoms with van der Waals surface area (Å²) in [5.74, 6) is -2.27. The lowest BCUT2D eigenvalue weighted by Crippen LogP contribution is -2.34. The molecule has 2 aromatic rings. The van der Waals surface area contributed by atoms with Crippen molar-refractivity contribution in [3.8, 4) is 11.5 Å². The van der Waals surface area contributed by atoms with Crippen molar-refractivity contribution in [2.75, 3.05) is 7.11 Å². The van der Waals surface area contributed by atoms with Crippen LogP contribution >= 0.6 is 0 Å². The topological polar surface area (TPSA) is 78.9 Å². The third kappa shape index (κ3) is 4.99. The average Bonchev–Trinajstić information content (AvgIpc) is 2.71. The summed E-state index contributed by atoms with van der Waals surface area (Å²) in [4.78, 5) is 36.0. The first-order valence-corrected chi connectivity index (χ1v) is 8.98. The standard InChI is InChI=1S/C23H20O6/c1-15-12-19(25)22(23(26)29-15)18(24)10-8-16-9-11-20(21(13-16)27-2)28-14-17-6-4-3-5-7-17/h3-13,22H,14H2,1-2H3/b10-8+/t22-/m0/s1. The zero-order chi connectivity index (χ0) is 20.8. The van der Waals surface area contributed by atoms with Gasteiger partial charge in [0.1, 0.15) is 12.4 Å². The molecule has 1 heterocycles. The number of rotatable bonds is 7. The second kappa shape index (κ2) is 9.01. The molecule has 0 N–H and O–H groups in total. The van der Waals surface area contributed by atoms with Crippen LogP contribution in [0.1, 0.15) is 18.1 Å². The number of hydrogen-bond acceptors (Lipinski definition) is 6. The van der Waals surface area contributed by atoms with E-state index in [2.05, 4.69) is 0 Å². The van der Waals surface area contributed by atoms with E-state index in [-0.39, 0.29) is 5.76 Å². The molecule has 6 heteroatoms. The SMILES string of the molecule is COc1cc(/C=C/C(=O)[C@H]2C(=O)C=C(C)OC2=O)ccc1OCc1ccccc1. The second-order valence-electron chi connectivity index (χ2n) is 6.43. The number of carbonyl (C=O) groups excluding carboxylic acids is 3. The highest BCUT2D eigenvalue weighted by atomic mass is 16.5. The zero-order valence-electron chi connectivity index (χ0n) is 16.1. The molecule has 0 aromatic heterocycles. The number of esters is 1. The normalized spacial score (nSPS) is 16.3. The van der Waals surface area contributed by atoms with E-state index in [9.17, 15) is 14.4 Å². The van der Waals surface area contributed by atoms with E-state index in [4.69, 9.17) is 14.2 Å². The Hall–Kier alpha value is -3.67. The van der Waals surface area contributed by atoms with Crippen LogP contribution < -0.4 is 9.47 Å². The van der Waals surface area contributed by atoms with E-state index in [1.807, 2.05) is 30.3 Å². The van der Waals surface area contributed by atoms with Gasteiger partial charge < -0.3 is 14.2 Å². The molecule has 0 saturated heterocycles. The summed E-state index contributed by atoms with van der Waals surface area (Å²) in [6.45, 7) is 1.88. The Morgan fingerprint density at radius 2 is 1.86 bits per heavy atom. The minimum Gasteiger partial charge on any atom is -0.493 e. The molecule has 0 radical (unpaired) electrons. The summed E-state index contributed by atoms with van der Waals surface area (Å²) < 4.78 is 16.0. The molecule has 0 aliphatic carbocycles. The highest BCUT2D eigenvalue weighted by Gasteiger charge is 2.36. The highest BCUT2D eigenvalue weighted by Crippen LogP contribution is 2.29. The first-order valence-electron chi connectivity index (χ1n) is 8.98. The molecule has 2 aromatic carbocycles. The molecule has 0 unspecified atom stereocenters. The number of benzene rings is 2. The number of hydrogen-bond donors (Lipinski definition) is 0. The van der Waals surface area contributed by atoms with Crippen LogP contribution in [0.15, 0.2) is 66.4 Å². The Bertz CT molecular complexity index is 988. The molecule has 0 saturated carbocycles. The van der Waals surface area contributed by atoms with E-state index in [0.29, 0.717) is 23.7 Å². The third-order valence-electron chi connectivity index (χ3n) is 4.28. The van der Waals surface area contributed by atoms with E-state index in [1.54, 1.807) is 18.2 Å². The molecular weight excluding hydrogens is 372 g/mol. The molecule has 0 fully saturated rings. The largest absolute Gasteiger partial charge is 0.493 e. The summed E-state index contributed by atoms with van der Waals surface area (Å²) in [7, 11) is 1.52. The first-order chi connectivity index (χ1) is 14.0. The van der Waals surface area contributed by atoms with Crippen LogP contribution in [-0.4, -0.2) is 24.6 Å². The van der Waals surface area contributed by atoms with Crippen molar-refractivity contribution in [2.24, 2.45) is 5.92 Å². The van der Waals surface area contributed by atoms with Crippen molar-refractivity contribution in [2.45, 2.75) is 13.5 Å². The van der Waals surface area contributed by atoms with Gasteiger partial charge in [-0.15, -0.1) is 0 Å². The van der Waals surface area contributed by atoms with Gasteiger partial charge in [-0.1, -0.05) is 42.5 Å². The Labute approximate surface area is 168 Å². The zero-order valence-corrected chi connectivity index (χ0v) is 16.1. The molecule has 29 heavy (non-hydrogen) atoms. The molecule has 6 nitrogen and oxygen atoms in total. The molecular formula is C23H20O6. The van der Waals surface area contributed by atoms with Gasteiger partial charge in [0.25, 0.3) is 0 Å². The highest BCUT2D eigenvalue weighted by molar-refractivity contribution is 6.25. The van der Waals surface area contributed by atoms with Gasteiger partial charge in [0, 0.05) is 6.08 Å². The molecule has 0 amide bonds. The van der Waals surface area contributed by atoms with Gasteiger partial charge in [0.2, 0.25) is 0 Å². The van der Waals surface area contributed by atoms with Crippen LogP contribution in [0.4, 0.5) is 0 Å². The summed E-state index contributed by atoms with van der Waals surface area (Å²) in [5, 5.41) is 0. The van der Waals surface area contributed by atoms with Gasteiger partial charge in [-0.2, -0.15) is 0 Å². The minimum absolute atomic E-state index is 0.184. The van der Waals surface area contributed by atoms with E-state index >= 15 is 0 Å². The van der Waals surface area contributed by atoms with E-state index in [0.717, 1.165) is 11.6 Å². The van der Waals surface area contributed by atoms with Crippen molar-refractivity contribution in [3.63, 3.8) is 0 Å². The maximum atomic E-state index is 12.3. The van der Waals surface area contributed by atoms with Gasteiger partial charge in [0.05, 0.1) is 7.11 Å². The van der Waals surface area contributed by atoms with Crippen molar-refractivity contribution in [1.29, 1.82) is 0 Å². The number of allylic oxidation sites excluding steroid dienone is 3. The molecule has 1 aliphatic rings. The fourth-order valence-electron chi connectivity index (χ4n) is 2.82. The number of ether oxygens (including phenoxy) is 3. The van der Waals surface area contributed by atoms with Crippen molar-refractivity contribution >= 4 is 23.6 Å². The quantitative estimate of drug-likeness (QED) is 0.408. The van der Waals surface area contributed by atoms with Gasteiger partial charge >= 0.3 is 5.97 Å². The lowest BCUT2D eigenvalue weighted by molar-refractivity contribution is -0.151. The van der Waals surface area contributed by atoms with E-state index < -0.39 is 23.5 Å². The number of ketones is 2. The Balaban J connectivity index is 1.70. The maximum absolute atomic E-state index is 12.3. The van der Waals surface area contributed by atoms with Crippen LogP contribution in [0.25, 0.3) is 6.08 Å². The van der Waals surface area contributed by atoms with Crippen LogP contribution in [0, 0.1) is 5.92 Å². The Morgan fingerprint density at radius 1 is 1.10 bits per heavy atom. The van der Waals surface area contributed by atoms with Crippen molar-refractivity contribution in [1.82, 2.24) is 0 Å². The summed E-state index contributed by atoms with van der Waals surface area (Å²) in [6.07, 6.45) is 3.86. The molecule has 148 valence electrons. The molecule has 0 bridgehead atoms. The third-order valence-corrected chi connectivity index (χ3v) is 4.28. The van der Waals surface area contributed by atoms with Crippen LogP contribution in [0.3, 0.4) is 0 Å². The van der Waals surface area contributed by atoms with Crippen LogP contribution in [0.2, 0.25) is 0 Å². The van der Waals surface area contributed by atoms with Gasteiger partial charge in [-0.3, -0.25) is 14.4 Å².